The van der Waals surface area contributed by atoms with E-state index in [0.29, 0.717) is 0 Å². The van der Waals surface area contributed by atoms with Gasteiger partial charge in [0, 0.05) is 24.0 Å². The van der Waals surface area contributed by atoms with E-state index in [0.717, 1.165) is 17.0 Å². The van der Waals surface area contributed by atoms with E-state index in [2.05, 4.69) is 56.1 Å². The summed E-state index contributed by atoms with van der Waals surface area (Å²) >= 11 is 0. The molecule has 2 aromatic carbocycles. The Labute approximate surface area is 131 Å². The molecule has 112 valence electrons. The number of rotatable bonds is 0. The first-order valence-corrected chi connectivity index (χ1v) is 7.57. The topological polar surface area (TPSA) is 38.5 Å². The highest BCUT2D eigenvalue weighted by Gasteiger charge is 2.57. The van der Waals surface area contributed by atoms with Crippen LogP contribution in [0.3, 0.4) is 0 Å². The highest BCUT2D eigenvalue weighted by atomic mass is 16.5. The number of ether oxygens (including phenoxy) is 1. The second-order valence-electron chi connectivity index (χ2n) is 6.63. The lowest BCUT2D eigenvalue weighted by molar-refractivity contribution is 0.0582. The van der Waals surface area contributed by atoms with E-state index in [1.807, 2.05) is 24.3 Å². The average Bonchev–Trinajstić information content (AvgIpc) is 2.67. The molecule has 1 unspecified atom stereocenters. The van der Waals surface area contributed by atoms with Crippen molar-refractivity contribution in [2.45, 2.75) is 25.0 Å². The molecule has 4 rings (SSSR count). The Hall–Kier alpha value is -2.42. The van der Waals surface area contributed by atoms with Crippen LogP contribution in [0.15, 0.2) is 48.5 Å². The van der Waals surface area contributed by atoms with Gasteiger partial charge in [0.05, 0.1) is 5.41 Å². The van der Waals surface area contributed by atoms with Crippen LogP contribution in [0, 0.1) is 0 Å². The second-order valence-corrected chi connectivity index (χ2v) is 6.63. The van der Waals surface area contributed by atoms with Crippen LogP contribution in [0.25, 0.3) is 6.08 Å². The van der Waals surface area contributed by atoms with E-state index in [1.54, 1.807) is 0 Å². The van der Waals surface area contributed by atoms with E-state index in [9.17, 15) is 0 Å². The van der Waals surface area contributed by atoms with E-state index >= 15 is 0 Å². The number of benzene rings is 2. The fourth-order valence-electron chi connectivity index (χ4n) is 3.77. The maximum atomic E-state index is 6.53. The number of nitrogen functional groups attached to an aromatic ring is 1. The van der Waals surface area contributed by atoms with Gasteiger partial charge in [-0.05, 0) is 55.8 Å². The van der Waals surface area contributed by atoms with Crippen LogP contribution in [-0.2, 0) is 5.41 Å². The SMILES string of the molecule is CN1c2ccc(N)cc2C(C)(C)C12C=Cc1ccccc1O2. The summed E-state index contributed by atoms with van der Waals surface area (Å²) in [5.74, 6) is 0.922. The third-order valence-corrected chi connectivity index (χ3v) is 5.12. The molecule has 1 spiro atoms. The molecule has 2 N–H and O–H groups in total. The first kappa shape index (κ1) is 13.3. The summed E-state index contributed by atoms with van der Waals surface area (Å²) in [5.41, 5.74) is 9.57. The predicted octanol–water partition coefficient (Wildman–Crippen LogP) is 3.80. The molecule has 0 saturated heterocycles. The van der Waals surface area contributed by atoms with Gasteiger partial charge in [-0.1, -0.05) is 18.2 Å². The monoisotopic (exact) mass is 292 g/mol. The van der Waals surface area contributed by atoms with Crippen LogP contribution in [0.4, 0.5) is 11.4 Å². The Balaban J connectivity index is 1.91. The molecule has 0 radical (unpaired) electrons. The molecule has 2 aliphatic heterocycles. The van der Waals surface area contributed by atoms with Crippen LogP contribution in [0.1, 0.15) is 25.0 Å². The summed E-state index contributed by atoms with van der Waals surface area (Å²) in [6.07, 6.45) is 4.33. The number of likely N-dealkylation sites (N-methyl/N-ethyl adjacent to an activating group) is 1. The standard InChI is InChI=1S/C19H20N2O/c1-18(2)15-12-14(20)8-9-16(15)21(3)19(18)11-10-13-6-4-5-7-17(13)22-19/h4-12H,20H2,1-3H3. The summed E-state index contributed by atoms with van der Waals surface area (Å²) in [4.78, 5) is 2.22. The summed E-state index contributed by atoms with van der Waals surface area (Å²) in [5, 5.41) is 0. The van der Waals surface area contributed by atoms with Crippen LogP contribution >= 0.6 is 0 Å². The van der Waals surface area contributed by atoms with Crippen molar-refractivity contribution in [2.24, 2.45) is 0 Å². The normalized spacial score (nSPS) is 24.0. The van der Waals surface area contributed by atoms with Crippen molar-refractivity contribution in [1.29, 1.82) is 0 Å². The molecule has 22 heavy (non-hydrogen) atoms. The second kappa shape index (κ2) is 4.07. The van der Waals surface area contributed by atoms with Gasteiger partial charge in [-0.2, -0.15) is 0 Å². The van der Waals surface area contributed by atoms with Crippen molar-refractivity contribution in [3.05, 3.63) is 59.7 Å². The highest BCUT2D eigenvalue weighted by molar-refractivity contribution is 5.73. The third kappa shape index (κ3) is 1.46. The molecule has 2 aliphatic rings. The quantitative estimate of drug-likeness (QED) is 0.751. The van der Waals surface area contributed by atoms with Gasteiger partial charge in [-0.25, -0.2) is 0 Å². The lowest BCUT2D eigenvalue weighted by Gasteiger charge is -2.45. The Kier molecular flexibility index (Phi) is 2.45. The zero-order chi connectivity index (χ0) is 15.5. The number of nitrogens with two attached hydrogens (primary N) is 1. The molecule has 0 bridgehead atoms. The van der Waals surface area contributed by atoms with Gasteiger partial charge in [0.15, 0.2) is 0 Å². The number of hydrogen-bond acceptors (Lipinski definition) is 3. The molecular weight excluding hydrogens is 272 g/mol. The molecule has 0 amide bonds. The van der Waals surface area contributed by atoms with Crippen molar-refractivity contribution < 1.29 is 4.74 Å². The molecule has 3 heteroatoms. The third-order valence-electron chi connectivity index (χ3n) is 5.12. The maximum absolute atomic E-state index is 6.53. The zero-order valence-corrected chi connectivity index (χ0v) is 13.1. The van der Waals surface area contributed by atoms with Gasteiger partial charge in [0.2, 0.25) is 5.72 Å². The van der Waals surface area contributed by atoms with E-state index in [1.165, 1.54) is 11.3 Å². The molecule has 0 saturated carbocycles. The Morgan fingerprint density at radius 2 is 1.86 bits per heavy atom. The minimum Gasteiger partial charge on any atom is -0.463 e. The van der Waals surface area contributed by atoms with Crippen molar-refractivity contribution in [1.82, 2.24) is 0 Å². The van der Waals surface area contributed by atoms with Crippen molar-refractivity contribution in [3.63, 3.8) is 0 Å². The summed E-state index contributed by atoms with van der Waals surface area (Å²) in [7, 11) is 2.09. The number of nitrogens with zero attached hydrogens (tertiary/aromatic N) is 1. The molecule has 2 aromatic rings. The van der Waals surface area contributed by atoms with E-state index < -0.39 is 5.72 Å². The minimum atomic E-state index is -0.530. The molecule has 0 aliphatic carbocycles. The first-order valence-electron chi connectivity index (χ1n) is 7.57. The molecule has 1 atom stereocenters. The smallest absolute Gasteiger partial charge is 0.211 e. The van der Waals surface area contributed by atoms with E-state index in [-0.39, 0.29) is 5.41 Å². The lowest BCUT2D eigenvalue weighted by Crippen LogP contribution is -2.58. The highest BCUT2D eigenvalue weighted by Crippen LogP contribution is 2.54. The summed E-state index contributed by atoms with van der Waals surface area (Å²) in [6.45, 7) is 4.43. The predicted molar refractivity (Wildman–Crippen MR) is 91.1 cm³/mol. The number of hydrogen-bond donors (Lipinski definition) is 1. The van der Waals surface area contributed by atoms with Gasteiger partial charge in [-0.3, -0.25) is 0 Å². The Morgan fingerprint density at radius 3 is 2.68 bits per heavy atom. The van der Waals surface area contributed by atoms with Crippen LogP contribution < -0.4 is 15.4 Å². The van der Waals surface area contributed by atoms with Crippen molar-refractivity contribution >= 4 is 17.5 Å². The van der Waals surface area contributed by atoms with Crippen molar-refractivity contribution in [2.75, 3.05) is 17.7 Å². The minimum absolute atomic E-state index is 0.212. The van der Waals surface area contributed by atoms with Gasteiger partial charge < -0.3 is 15.4 Å². The average molecular weight is 292 g/mol. The van der Waals surface area contributed by atoms with Gasteiger partial charge in [-0.15, -0.1) is 0 Å². The fraction of sp³-hybridized carbons (Fsp3) is 0.263. The Morgan fingerprint density at radius 1 is 1.09 bits per heavy atom. The van der Waals surface area contributed by atoms with Crippen LogP contribution in [0.5, 0.6) is 5.75 Å². The van der Waals surface area contributed by atoms with Gasteiger partial charge in [0.1, 0.15) is 5.75 Å². The fourth-order valence-corrected chi connectivity index (χ4v) is 3.77. The first-order chi connectivity index (χ1) is 10.5. The number of anilines is 2. The van der Waals surface area contributed by atoms with Crippen LogP contribution in [-0.4, -0.2) is 12.8 Å². The largest absolute Gasteiger partial charge is 0.463 e. The van der Waals surface area contributed by atoms with Crippen molar-refractivity contribution in [3.8, 4) is 5.75 Å². The number of fused-ring (bicyclic) bond motifs is 2. The summed E-state index contributed by atoms with van der Waals surface area (Å²) in [6, 6.07) is 14.2. The maximum Gasteiger partial charge on any atom is 0.211 e. The van der Waals surface area contributed by atoms with E-state index in [4.69, 9.17) is 10.5 Å². The van der Waals surface area contributed by atoms with Gasteiger partial charge >= 0.3 is 0 Å². The number of para-hydroxylation sites is 1. The van der Waals surface area contributed by atoms with Gasteiger partial charge in [0.25, 0.3) is 0 Å². The molecule has 3 nitrogen and oxygen atoms in total. The zero-order valence-electron chi connectivity index (χ0n) is 13.1. The summed E-state index contributed by atoms with van der Waals surface area (Å²) < 4.78 is 6.53. The Bertz CT molecular complexity index is 794. The molecule has 0 fully saturated rings. The lowest BCUT2D eigenvalue weighted by atomic mass is 9.76. The molecule has 0 aromatic heterocycles. The molecular formula is C19H20N2O. The molecule has 2 heterocycles. The van der Waals surface area contributed by atoms with Crippen LogP contribution in [0.2, 0.25) is 0 Å².